The summed E-state index contributed by atoms with van der Waals surface area (Å²) in [5, 5.41) is 5.12. The molecule has 2 N–H and O–H groups in total. The SMILES string of the molecule is CCNC1=NCN(NCC)C=C1. The van der Waals surface area contributed by atoms with Crippen LogP contribution >= 0.6 is 0 Å². The molecule has 0 aromatic carbocycles. The highest BCUT2D eigenvalue weighted by Crippen LogP contribution is 1.93. The second-order valence-electron chi connectivity index (χ2n) is 2.51. The first-order valence-electron chi connectivity index (χ1n) is 4.33. The van der Waals surface area contributed by atoms with Gasteiger partial charge in [-0.25, -0.2) is 10.4 Å². The van der Waals surface area contributed by atoms with Crippen LogP contribution in [0.3, 0.4) is 0 Å². The van der Waals surface area contributed by atoms with Crippen LogP contribution in [0.5, 0.6) is 0 Å². The topological polar surface area (TPSA) is 39.7 Å². The molecular weight excluding hydrogens is 152 g/mol. The van der Waals surface area contributed by atoms with Crippen LogP contribution in [0.4, 0.5) is 0 Å². The highest BCUT2D eigenvalue weighted by molar-refractivity contribution is 5.93. The molecule has 0 atom stereocenters. The Labute approximate surface area is 73.3 Å². The Morgan fingerprint density at radius 1 is 1.50 bits per heavy atom. The molecule has 0 bridgehead atoms. The molecule has 0 amide bonds. The van der Waals surface area contributed by atoms with E-state index in [2.05, 4.69) is 29.6 Å². The summed E-state index contributed by atoms with van der Waals surface area (Å²) in [5.74, 6) is 0.964. The molecule has 0 radical (unpaired) electrons. The number of likely N-dealkylation sites (N-methyl/N-ethyl adjacent to an activating group) is 1. The van der Waals surface area contributed by atoms with Gasteiger partial charge in [0.15, 0.2) is 0 Å². The number of amidine groups is 1. The molecule has 1 aliphatic rings. The Kier molecular flexibility index (Phi) is 3.60. The molecule has 68 valence electrons. The fraction of sp³-hybridized carbons (Fsp3) is 0.625. The van der Waals surface area contributed by atoms with Gasteiger partial charge in [-0.1, -0.05) is 6.92 Å². The van der Waals surface area contributed by atoms with E-state index in [9.17, 15) is 0 Å². The fourth-order valence-electron chi connectivity index (χ4n) is 1.01. The van der Waals surface area contributed by atoms with E-state index in [1.54, 1.807) is 0 Å². The van der Waals surface area contributed by atoms with Crippen molar-refractivity contribution in [1.82, 2.24) is 15.8 Å². The van der Waals surface area contributed by atoms with Crippen molar-refractivity contribution in [3.05, 3.63) is 12.3 Å². The van der Waals surface area contributed by atoms with Crippen molar-refractivity contribution < 1.29 is 0 Å². The summed E-state index contributed by atoms with van der Waals surface area (Å²) < 4.78 is 0. The second-order valence-corrected chi connectivity index (χ2v) is 2.51. The lowest BCUT2D eigenvalue weighted by Crippen LogP contribution is -2.37. The molecule has 1 aliphatic heterocycles. The van der Waals surface area contributed by atoms with Crippen LogP contribution in [0, 0.1) is 0 Å². The number of hydrazine groups is 1. The smallest absolute Gasteiger partial charge is 0.126 e. The van der Waals surface area contributed by atoms with Crippen LogP contribution < -0.4 is 10.7 Å². The minimum atomic E-state index is 0.687. The van der Waals surface area contributed by atoms with Crippen molar-refractivity contribution >= 4 is 5.84 Å². The highest BCUT2D eigenvalue weighted by atomic mass is 15.5. The van der Waals surface area contributed by atoms with Crippen LogP contribution in [0.25, 0.3) is 0 Å². The monoisotopic (exact) mass is 168 g/mol. The third kappa shape index (κ3) is 2.54. The van der Waals surface area contributed by atoms with Crippen molar-refractivity contribution in [2.45, 2.75) is 13.8 Å². The predicted molar refractivity (Wildman–Crippen MR) is 50.6 cm³/mol. The highest BCUT2D eigenvalue weighted by Gasteiger charge is 2.02. The maximum atomic E-state index is 4.30. The maximum absolute atomic E-state index is 4.30. The minimum absolute atomic E-state index is 0.687. The zero-order chi connectivity index (χ0) is 8.81. The molecule has 4 heteroatoms. The zero-order valence-corrected chi connectivity index (χ0v) is 7.67. The van der Waals surface area contributed by atoms with Gasteiger partial charge in [0, 0.05) is 19.3 Å². The quantitative estimate of drug-likeness (QED) is 0.637. The fourth-order valence-corrected chi connectivity index (χ4v) is 1.01. The minimum Gasteiger partial charge on any atom is -0.371 e. The average molecular weight is 168 g/mol. The first-order chi connectivity index (χ1) is 5.86. The van der Waals surface area contributed by atoms with Gasteiger partial charge in [-0.15, -0.1) is 0 Å². The molecule has 12 heavy (non-hydrogen) atoms. The molecule has 0 aliphatic carbocycles. The molecule has 0 unspecified atom stereocenters. The molecule has 0 spiro atoms. The summed E-state index contributed by atoms with van der Waals surface area (Å²) in [6.45, 7) is 6.66. The summed E-state index contributed by atoms with van der Waals surface area (Å²) in [6.07, 6.45) is 3.96. The second kappa shape index (κ2) is 4.77. The summed E-state index contributed by atoms with van der Waals surface area (Å²) in [6, 6.07) is 0. The van der Waals surface area contributed by atoms with E-state index < -0.39 is 0 Å². The summed E-state index contributed by atoms with van der Waals surface area (Å²) in [5.41, 5.74) is 3.16. The van der Waals surface area contributed by atoms with Gasteiger partial charge in [-0.3, -0.25) is 5.01 Å². The number of nitrogens with one attached hydrogen (secondary N) is 2. The first-order valence-corrected chi connectivity index (χ1v) is 4.33. The molecule has 0 aromatic rings. The van der Waals surface area contributed by atoms with Crippen molar-refractivity contribution in [3.8, 4) is 0 Å². The van der Waals surface area contributed by atoms with E-state index in [0.29, 0.717) is 6.67 Å². The Hall–Kier alpha value is -1.03. The third-order valence-corrected chi connectivity index (χ3v) is 1.52. The van der Waals surface area contributed by atoms with Gasteiger partial charge in [0.1, 0.15) is 12.5 Å². The lowest BCUT2D eigenvalue weighted by atomic mass is 10.5. The summed E-state index contributed by atoms with van der Waals surface area (Å²) in [7, 11) is 0. The van der Waals surface area contributed by atoms with Crippen molar-refractivity contribution in [2.24, 2.45) is 4.99 Å². The van der Waals surface area contributed by atoms with E-state index in [-0.39, 0.29) is 0 Å². The molecule has 4 nitrogen and oxygen atoms in total. The molecule has 0 saturated heterocycles. The van der Waals surface area contributed by atoms with Crippen molar-refractivity contribution in [1.29, 1.82) is 0 Å². The Morgan fingerprint density at radius 2 is 2.33 bits per heavy atom. The first kappa shape index (κ1) is 9.06. The number of rotatable bonds is 3. The lowest BCUT2D eigenvalue weighted by molar-refractivity contribution is 0.283. The molecular formula is C8H16N4. The van der Waals surface area contributed by atoms with Crippen LogP contribution in [-0.4, -0.2) is 30.6 Å². The van der Waals surface area contributed by atoms with E-state index in [0.717, 1.165) is 18.9 Å². The number of nitrogens with zero attached hydrogens (tertiary/aromatic N) is 2. The Bertz CT molecular complexity index is 185. The van der Waals surface area contributed by atoms with Crippen LogP contribution in [0.1, 0.15) is 13.8 Å². The largest absolute Gasteiger partial charge is 0.371 e. The molecule has 0 fully saturated rings. The van der Waals surface area contributed by atoms with Gasteiger partial charge < -0.3 is 5.32 Å². The van der Waals surface area contributed by atoms with Crippen molar-refractivity contribution in [2.75, 3.05) is 19.8 Å². The van der Waals surface area contributed by atoms with Gasteiger partial charge in [0.25, 0.3) is 0 Å². The van der Waals surface area contributed by atoms with Gasteiger partial charge in [-0.05, 0) is 13.0 Å². The number of hydrogen-bond acceptors (Lipinski definition) is 4. The van der Waals surface area contributed by atoms with E-state index in [1.165, 1.54) is 0 Å². The van der Waals surface area contributed by atoms with E-state index in [1.807, 2.05) is 17.3 Å². The average Bonchev–Trinajstić information content (AvgIpc) is 2.09. The Balaban J connectivity index is 2.33. The molecule has 0 aromatic heterocycles. The standard InChI is InChI=1S/C8H16N4/c1-3-9-8-5-6-12(7-10-8)11-4-2/h5-6,11H,3-4,7H2,1-2H3,(H,9,10). The van der Waals surface area contributed by atoms with Crippen LogP contribution in [0.2, 0.25) is 0 Å². The molecule has 0 saturated carbocycles. The van der Waals surface area contributed by atoms with Gasteiger partial charge in [-0.2, -0.15) is 0 Å². The lowest BCUT2D eigenvalue weighted by Gasteiger charge is -2.21. The van der Waals surface area contributed by atoms with Crippen molar-refractivity contribution in [3.63, 3.8) is 0 Å². The number of aliphatic imine (C=N–C) groups is 1. The van der Waals surface area contributed by atoms with E-state index >= 15 is 0 Å². The molecule has 1 rings (SSSR count). The van der Waals surface area contributed by atoms with Gasteiger partial charge in [0.05, 0.1) is 0 Å². The third-order valence-electron chi connectivity index (χ3n) is 1.52. The number of hydrogen-bond donors (Lipinski definition) is 2. The van der Waals surface area contributed by atoms with E-state index in [4.69, 9.17) is 0 Å². The van der Waals surface area contributed by atoms with Crippen LogP contribution in [-0.2, 0) is 0 Å². The summed E-state index contributed by atoms with van der Waals surface area (Å²) >= 11 is 0. The van der Waals surface area contributed by atoms with Gasteiger partial charge >= 0.3 is 0 Å². The maximum Gasteiger partial charge on any atom is 0.126 e. The van der Waals surface area contributed by atoms with Crippen LogP contribution in [0.15, 0.2) is 17.3 Å². The summed E-state index contributed by atoms with van der Waals surface area (Å²) in [4.78, 5) is 4.30. The zero-order valence-electron chi connectivity index (χ0n) is 7.67. The normalized spacial score (nSPS) is 16.2. The molecule has 1 heterocycles. The predicted octanol–water partition coefficient (Wildman–Crippen LogP) is 0.306. The van der Waals surface area contributed by atoms with Gasteiger partial charge in [0.2, 0.25) is 0 Å². The Morgan fingerprint density at radius 3 is 2.83 bits per heavy atom.